The predicted octanol–water partition coefficient (Wildman–Crippen LogP) is 7.75. The van der Waals surface area contributed by atoms with Crippen molar-refractivity contribution < 1.29 is 22.3 Å². The molecular formula is C26H26F4O. The van der Waals surface area contributed by atoms with Crippen LogP contribution in [0, 0.1) is 11.6 Å². The van der Waals surface area contributed by atoms with Crippen molar-refractivity contribution in [3.63, 3.8) is 0 Å². The van der Waals surface area contributed by atoms with Gasteiger partial charge in [0, 0.05) is 12.1 Å². The molecule has 0 aromatic heterocycles. The summed E-state index contributed by atoms with van der Waals surface area (Å²) in [6, 6.07) is 15.9. The normalized spacial score (nSPS) is 11.5. The van der Waals surface area contributed by atoms with Crippen LogP contribution in [0.1, 0.15) is 43.4 Å². The third kappa shape index (κ3) is 6.09. The zero-order chi connectivity index (χ0) is 22.4. The van der Waals surface area contributed by atoms with Crippen LogP contribution in [0.2, 0.25) is 0 Å². The molecule has 5 heteroatoms. The maximum Gasteiger partial charge on any atom is 0.398 e. The first kappa shape index (κ1) is 22.9. The van der Waals surface area contributed by atoms with Gasteiger partial charge in [-0.1, -0.05) is 68.8 Å². The molecule has 164 valence electrons. The molecule has 0 atom stereocenters. The molecule has 0 bridgehead atoms. The molecule has 0 unspecified atom stereocenters. The Kier molecular flexibility index (Phi) is 7.37. The molecule has 0 amide bonds. The highest BCUT2D eigenvalue weighted by Crippen LogP contribution is 2.33. The molecule has 0 aliphatic heterocycles. The summed E-state index contributed by atoms with van der Waals surface area (Å²) in [5.74, 6) is -2.42. The van der Waals surface area contributed by atoms with E-state index >= 15 is 0 Å². The number of hydrogen-bond acceptors (Lipinski definition) is 1. The Hall–Kier alpha value is -2.82. The second-order valence-corrected chi connectivity index (χ2v) is 7.62. The average Bonchev–Trinajstić information content (AvgIpc) is 2.73. The van der Waals surface area contributed by atoms with E-state index in [1.807, 2.05) is 31.2 Å². The van der Waals surface area contributed by atoms with Gasteiger partial charge in [0.25, 0.3) is 0 Å². The van der Waals surface area contributed by atoms with E-state index in [2.05, 4.69) is 11.7 Å². The minimum absolute atomic E-state index is 0.0895. The molecule has 0 N–H and O–H groups in total. The molecule has 0 saturated heterocycles. The van der Waals surface area contributed by atoms with Gasteiger partial charge in [-0.2, -0.15) is 8.78 Å². The fraction of sp³-hybridized carbons (Fsp3) is 0.308. The fourth-order valence-electron chi connectivity index (χ4n) is 3.47. The van der Waals surface area contributed by atoms with Gasteiger partial charge in [-0.25, -0.2) is 8.78 Å². The molecule has 0 heterocycles. The smallest absolute Gasteiger partial charge is 0.398 e. The Balaban J connectivity index is 1.69. The number of hydrogen-bond donors (Lipinski definition) is 0. The Labute approximate surface area is 180 Å². The van der Waals surface area contributed by atoms with Gasteiger partial charge in [0.15, 0.2) is 0 Å². The maximum atomic E-state index is 14.5. The number of rotatable bonds is 9. The number of ether oxygens (including phenoxy) is 1. The zero-order valence-corrected chi connectivity index (χ0v) is 17.7. The second-order valence-electron chi connectivity index (χ2n) is 7.62. The van der Waals surface area contributed by atoms with Crippen molar-refractivity contribution in [3.05, 3.63) is 89.0 Å². The molecule has 3 aromatic rings. The van der Waals surface area contributed by atoms with Crippen LogP contribution >= 0.6 is 0 Å². The van der Waals surface area contributed by atoms with Crippen molar-refractivity contribution in [2.45, 2.75) is 52.1 Å². The van der Waals surface area contributed by atoms with Crippen molar-refractivity contribution in [1.29, 1.82) is 0 Å². The van der Waals surface area contributed by atoms with E-state index in [1.165, 1.54) is 0 Å². The van der Waals surface area contributed by atoms with Gasteiger partial charge in [-0.15, -0.1) is 0 Å². The van der Waals surface area contributed by atoms with Crippen molar-refractivity contribution >= 4 is 0 Å². The van der Waals surface area contributed by atoms with Crippen LogP contribution in [0.3, 0.4) is 0 Å². The fourth-order valence-corrected chi connectivity index (χ4v) is 3.47. The average molecular weight is 430 g/mol. The summed E-state index contributed by atoms with van der Waals surface area (Å²) in [7, 11) is 0. The molecule has 0 saturated carbocycles. The molecule has 31 heavy (non-hydrogen) atoms. The Morgan fingerprint density at radius 2 is 1.26 bits per heavy atom. The lowest BCUT2D eigenvalue weighted by Gasteiger charge is -2.19. The highest BCUT2D eigenvalue weighted by atomic mass is 19.3. The Morgan fingerprint density at radius 3 is 1.77 bits per heavy atom. The summed E-state index contributed by atoms with van der Waals surface area (Å²) in [5, 5.41) is 0. The SMILES string of the molecule is CCCc1ccc(CCC(F)(F)Oc2cc(F)c(-c3ccc(CC)cc3)c(F)c2)cc1. The standard InChI is InChI=1S/C26H26F4O/c1-3-5-19-6-8-20(9-7-19)14-15-26(29,30)31-22-16-23(27)25(24(28)17-22)21-12-10-18(4-2)11-13-21/h6-13,16-17H,3-5,14-15H2,1-2H3. The molecular weight excluding hydrogens is 404 g/mol. The number of benzene rings is 3. The monoisotopic (exact) mass is 430 g/mol. The second kappa shape index (κ2) is 9.99. The summed E-state index contributed by atoms with van der Waals surface area (Å²) in [6.07, 6.45) is -1.30. The summed E-state index contributed by atoms with van der Waals surface area (Å²) in [5.41, 5.74) is 3.03. The highest BCUT2D eigenvalue weighted by Gasteiger charge is 2.32. The van der Waals surface area contributed by atoms with Crippen molar-refractivity contribution in [2.75, 3.05) is 0 Å². The quantitative estimate of drug-likeness (QED) is 0.315. The first-order chi connectivity index (χ1) is 14.8. The van der Waals surface area contributed by atoms with Gasteiger partial charge in [0.1, 0.15) is 17.4 Å². The minimum atomic E-state index is -3.55. The van der Waals surface area contributed by atoms with Crippen LogP contribution < -0.4 is 4.74 Å². The molecule has 3 rings (SSSR count). The van der Waals surface area contributed by atoms with E-state index in [0.29, 0.717) is 5.56 Å². The molecule has 0 aliphatic rings. The van der Waals surface area contributed by atoms with Crippen LogP contribution in [0.4, 0.5) is 17.6 Å². The van der Waals surface area contributed by atoms with Gasteiger partial charge in [0.2, 0.25) is 0 Å². The van der Waals surface area contributed by atoms with Gasteiger partial charge in [0.05, 0.1) is 12.0 Å². The van der Waals surface area contributed by atoms with E-state index in [4.69, 9.17) is 0 Å². The lowest BCUT2D eigenvalue weighted by atomic mass is 10.0. The number of aryl methyl sites for hydroxylation is 3. The first-order valence-electron chi connectivity index (χ1n) is 10.5. The molecule has 1 nitrogen and oxygen atoms in total. The largest absolute Gasteiger partial charge is 0.432 e. The number of halogens is 4. The highest BCUT2D eigenvalue weighted by molar-refractivity contribution is 5.66. The topological polar surface area (TPSA) is 9.23 Å². The summed E-state index contributed by atoms with van der Waals surface area (Å²) < 4.78 is 62.3. The van der Waals surface area contributed by atoms with Gasteiger partial charge >= 0.3 is 6.11 Å². The minimum Gasteiger partial charge on any atom is -0.432 e. The summed E-state index contributed by atoms with van der Waals surface area (Å²) in [4.78, 5) is 0. The van der Waals surface area contributed by atoms with E-state index in [-0.39, 0.29) is 12.0 Å². The van der Waals surface area contributed by atoms with Crippen LogP contribution in [-0.2, 0) is 19.3 Å². The van der Waals surface area contributed by atoms with E-state index in [9.17, 15) is 17.6 Å². The van der Waals surface area contributed by atoms with Crippen molar-refractivity contribution in [3.8, 4) is 16.9 Å². The summed E-state index contributed by atoms with van der Waals surface area (Å²) in [6.45, 7) is 4.05. The van der Waals surface area contributed by atoms with Crippen LogP contribution in [0.25, 0.3) is 11.1 Å². The van der Waals surface area contributed by atoms with E-state index < -0.39 is 29.9 Å². The van der Waals surface area contributed by atoms with Gasteiger partial charge in [-0.05, 0) is 41.5 Å². The van der Waals surface area contributed by atoms with Crippen molar-refractivity contribution in [1.82, 2.24) is 0 Å². The number of alkyl halides is 2. The van der Waals surface area contributed by atoms with Gasteiger partial charge < -0.3 is 4.74 Å². The van der Waals surface area contributed by atoms with E-state index in [0.717, 1.165) is 48.1 Å². The lowest BCUT2D eigenvalue weighted by Crippen LogP contribution is -2.25. The van der Waals surface area contributed by atoms with Crippen LogP contribution in [-0.4, -0.2) is 6.11 Å². The molecule has 3 aromatic carbocycles. The van der Waals surface area contributed by atoms with E-state index in [1.54, 1.807) is 24.3 Å². The molecule has 0 spiro atoms. The third-order valence-corrected chi connectivity index (χ3v) is 5.20. The zero-order valence-electron chi connectivity index (χ0n) is 17.7. The summed E-state index contributed by atoms with van der Waals surface area (Å²) >= 11 is 0. The first-order valence-corrected chi connectivity index (χ1v) is 10.5. The Morgan fingerprint density at radius 1 is 0.742 bits per heavy atom. The van der Waals surface area contributed by atoms with Crippen LogP contribution in [0.5, 0.6) is 5.75 Å². The maximum absolute atomic E-state index is 14.5. The van der Waals surface area contributed by atoms with Gasteiger partial charge in [-0.3, -0.25) is 0 Å². The lowest BCUT2D eigenvalue weighted by molar-refractivity contribution is -0.180. The molecule has 0 aliphatic carbocycles. The Bertz CT molecular complexity index is 972. The molecule has 0 fully saturated rings. The van der Waals surface area contributed by atoms with Crippen molar-refractivity contribution in [2.24, 2.45) is 0 Å². The predicted molar refractivity (Wildman–Crippen MR) is 116 cm³/mol. The molecule has 0 radical (unpaired) electrons. The third-order valence-electron chi connectivity index (χ3n) is 5.20. The van der Waals surface area contributed by atoms with Crippen LogP contribution in [0.15, 0.2) is 60.7 Å².